The van der Waals surface area contributed by atoms with Crippen LogP contribution in [0.2, 0.25) is 0 Å². The van der Waals surface area contributed by atoms with Crippen LogP contribution in [0.1, 0.15) is 26.2 Å². The summed E-state index contributed by atoms with van der Waals surface area (Å²) in [7, 11) is 0. The van der Waals surface area contributed by atoms with Gasteiger partial charge in [0, 0.05) is 25.6 Å². The first-order valence-corrected chi connectivity index (χ1v) is 6.71. The number of nitrogens with one attached hydrogen (secondary N) is 2. The second kappa shape index (κ2) is 7.96. The lowest BCUT2D eigenvalue weighted by Gasteiger charge is -2.34. The molecule has 7 heteroatoms. The van der Waals surface area contributed by atoms with Crippen molar-refractivity contribution in [2.24, 2.45) is 0 Å². The molecule has 1 rings (SSSR count). The van der Waals surface area contributed by atoms with Crippen LogP contribution in [0.5, 0.6) is 0 Å². The molecule has 1 fully saturated rings. The minimum absolute atomic E-state index is 0.0187. The lowest BCUT2D eigenvalue weighted by molar-refractivity contribution is -0.139. The number of carboxylic acids is 1. The summed E-state index contributed by atoms with van der Waals surface area (Å²) in [4.78, 5) is 24.7. The molecule has 1 saturated heterocycles. The van der Waals surface area contributed by atoms with E-state index in [4.69, 9.17) is 10.2 Å². The summed E-state index contributed by atoms with van der Waals surface area (Å²) in [6.45, 7) is 3.89. The van der Waals surface area contributed by atoms with E-state index in [9.17, 15) is 9.59 Å². The molecule has 1 aliphatic heterocycles. The van der Waals surface area contributed by atoms with Gasteiger partial charge in [-0.1, -0.05) is 0 Å². The number of rotatable bonds is 6. The van der Waals surface area contributed by atoms with Gasteiger partial charge < -0.3 is 25.7 Å². The third-order valence-corrected chi connectivity index (χ3v) is 3.36. The Balaban J connectivity index is 2.58. The van der Waals surface area contributed by atoms with Crippen LogP contribution in [0.3, 0.4) is 0 Å². The minimum atomic E-state index is -1.12. The van der Waals surface area contributed by atoms with Crippen LogP contribution in [0.4, 0.5) is 4.79 Å². The first kappa shape index (κ1) is 15.7. The summed E-state index contributed by atoms with van der Waals surface area (Å²) in [6.07, 6.45) is 1.77. The van der Waals surface area contributed by atoms with E-state index < -0.39 is 12.0 Å². The highest BCUT2D eigenvalue weighted by molar-refractivity contribution is 5.82. The highest BCUT2D eigenvalue weighted by atomic mass is 16.4. The monoisotopic (exact) mass is 273 g/mol. The smallest absolute Gasteiger partial charge is 0.326 e. The van der Waals surface area contributed by atoms with Gasteiger partial charge in [-0.15, -0.1) is 0 Å². The highest BCUT2D eigenvalue weighted by Crippen LogP contribution is 2.12. The Morgan fingerprint density at radius 1 is 1.42 bits per heavy atom. The van der Waals surface area contributed by atoms with Gasteiger partial charge in [-0.2, -0.15) is 0 Å². The molecule has 1 aliphatic rings. The number of carboxylic acid groups (broad SMARTS) is 1. The fourth-order valence-corrected chi connectivity index (χ4v) is 2.30. The van der Waals surface area contributed by atoms with Crippen LogP contribution in [0, 0.1) is 0 Å². The van der Waals surface area contributed by atoms with Gasteiger partial charge in [0.1, 0.15) is 6.04 Å². The average molecular weight is 273 g/mol. The Labute approximate surface area is 113 Å². The van der Waals surface area contributed by atoms with E-state index in [-0.39, 0.29) is 25.1 Å². The second-order valence-corrected chi connectivity index (χ2v) is 4.62. The molecule has 110 valence electrons. The van der Waals surface area contributed by atoms with Crippen molar-refractivity contribution in [2.45, 2.75) is 38.3 Å². The molecule has 0 spiro atoms. The first-order chi connectivity index (χ1) is 9.10. The number of urea groups is 1. The summed E-state index contributed by atoms with van der Waals surface area (Å²) >= 11 is 0. The molecule has 0 radical (unpaired) electrons. The second-order valence-electron chi connectivity index (χ2n) is 4.62. The van der Waals surface area contributed by atoms with Crippen molar-refractivity contribution in [3.05, 3.63) is 0 Å². The number of nitrogens with zero attached hydrogens (tertiary/aromatic N) is 1. The summed E-state index contributed by atoms with van der Waals surface area (Å²) < 4.78 is 0. The SMILES string of the molecule is CCN(C(=O)N[C@@H](CCO)C(=O)O)C1CCNCC1. The number of aliphatic carboxylic acids is 1. The number of piperidine rings is 1. The molecule has 0 bridgehead atoms. The van der Waals surface area contributed by atoms with Crippen molar-refractivity contribution < 1.29 is 19.8 Å². The first-order valence-electron chi connectivity index (χ1n) is 6.71. The van der Waals surface area contributed by atoms with Crippen molar-refractivity contribution in [1.82, 2.24) is 15.5 Å². The van der Waals surface area contributed by atoms with Gasteiger partial charge in [0.25, 0.3) is 0 Å². The molecule has 0 saturated carbocycles. The van der Waals surface area contributed by atoms with E-state index in [1.54, 1.807) is 4.90 Å². The van der Waals surface area contributed by atoms with Gasteiger partial charge in [-0.3, -0.25) is 0 Å². The van der Waals surface area contributed by atoms with Crippen molar-refractivity contribution >= 4 is 12.0 Å². The van der Waals surface area contributed by atoms with Gasteiger partial charge in [-0.25, -0.2) is 9.59 Å². The van der Waals surface area contributed by atoms with E-state index in [0.29, 0.717) is 6.54 Å². The van der Waals surface area contributed by atoms with Gasteiger partial charge in [-0.05, 0) is 32.9 Å². The summed E-state index contributed by atoms with van der Waals surface area (Å²) in [5.41, 5.74) is 0. The molecule has 0 aromatic carbocycles. The molecule has 0 aromatic heterocycles. The maximum absolute atomic E-state index is 12.1. The summed E-state index contributed by atoms with van der Waals surface area (Å²) in [5.74, 6) is -1.12. The zero-order valence-corrected chi connectivity index (χ0v) is 11.3. The summed E-state index contributed by atoms with van der Waals surface area (Å²) in [6, 6.07) is -1.25. The Bertz CT molecular complexity index is 305. The van der Waals surface area contributed by atoms with Gasteiger partial charge in [0.2, 0.25) is 0 Å². The van der Waals surface area contributed by atoms with Crippen LogP contribution in [-0.2, 0) is 4.79 Å². The van der Waals surface area contributed by atoms with E-state index in [2.05, 4.69) is 10.6 Å². The lowest BCUT2D eigenvalue weighted by atomic mass is 10.1. The summed E-state index contributed by atoms with van der Waals surface area (Å²) in [5, 5.41) is 23.5. The Morgan fingerprint density at radius 3 is 2.53 bits per heavy atom. The lowest BCUT2D eigenvalue weighted by Crippen LogP contribution is -2.53. The van der Waals surface area contributed by atoms with Gasteiger partial charge in [0.05, 0.1) is 0 Å². The van der Waals surface area contributed by atoms with E-state index in [1.165, 1.54) is 0 Å². The topological polar surface area (TPSA) is 102 Å². The van der Waals surface area contributed by atoms with Gasteiger partial charge >= 0.3 is 12.0 Å². The number of carbonyl (C=O) groups excluding carboxylic acids is 1. The van der Waals surface area contributed by atoms with Crippen molar-refractivity contribution in [3.8, 4) is 0 Å². The average Bonchev–Trinajstić information content (AvgIpc) is 2.40. The standard InChI is InChI=1S/C12H23N3O4/c1-2-15(9-3-6-13-7-4-9)12(19)14-10(5-8-16)11(17)18/h9-10,13,16H,2-8H2,1H3,(H,14,19)(H,17,18)/t10-/m0/s1. The predicted molar refractivity (Wildman–Crippen MR) is 69.9 cm³/mol. The number of amides is 2. The highest BCUT2D eigenvalue weighted by Gasteiger charge is 2.27. The largest absolute Gasteiger partial charge is 0.480 e. The molecule has 1 atom stereocenters. The van der Waals surface area contributed by atoms with E-state index >= 15 is 0 Å². The normalized spacial score (nSPS) is 17.8. The molecular formula is C12H23N3O4. The van der Waals surface area contributed by atoms with Crippen molar-refractivity contribution in [1.29, 1.82) is 0 Å². The Morgan fingerprint density at radius 2 is 2.05 bits per heavy atom. The molecule has 1 heterocycles. The molecular weight excluding hydrogens is 250 g/mol. The molecule has 0 aromatic rings. The maximum Gasteiger partial charge on any atom is 0.326 e. The quantitative estimate of drug-likeness (QED) is 0.528. The van der Waals surface area contributed by atoms with Crippen LogP contribution in [0.25, 0.3) is 0 Å². The fourth-order valence-electron chi connectivity index (χ4n) is 2.30. The Kier molecular flexibility index (Phi) is 6.58. The third-order valence-electron chi connectivity index (χ3n) is 3.36. The number of carbonyl (C=O) groups is 2. The Hall–Kier alpha value is -1.34. The molecule has 7 nitrogen and oxygen atoms in total. The van der Waals surface area contributed by atoms with E-state index in [1.807, 2.05) is 6.92 Å². The third kappa shape index (κ3) is 4.68. The molecule has 4 N–H and O–H groups in total. The molecule has 0 aliphatic carbocycles. The van der Waals surface area contributed by atoms with Crippen molar-refractivity contribution in [2.75, 3.05) is 26.2 Å². The van der Waals surface area contributed by atoms with Crippen molar-refractivity contribution in [3.63, 3.8) is 0 Å². The minimum Gasteiger partial charge on any atom is -0.480 e. The molecule has 0 unspecified atom stereocenters. The number of aliphatic hydroxyl groups is 1. The number of aliphatic hydroxyl groups excluding tert-OH is 1. The van der Waals surface area contributed by atoms with Crippen LogP contribution < -0.4 is 10.6 Å². The van der Waals surface area contributed by atoms with Crippen LogP contribution in [-0.4, -0.2) is 65.4 Å². The van der Waals surface area contributed by atoms with Crippen LogP contribution in [0.15, 0.2) is 0 Å². The molecule has 2 amide bonds. The number of hydrogen-bond donors (Lipinski definition) is 4. The molecule has 19 heavy (non-hydrogen) atoms. The van der Waals surface area contributed by atoms with E-state index in [0.717, 1.165) is 25.9 Å². The number of hydrogen-bond acceptors (Lipinski definition) is 4. The fraction of sp³-hybridized carbons (Fsp3) is 0.833. The van der Waals surface area contributed by atoms with Crippen LogP contribution >= 0.6 is 0 Å². The predicted octanol–water partition coefficient (Wildman–Crippen LogP) is -0.394. The maximum atomic E-state index is 12.1. The zero-order valence-electron chi connectivity index (χ0n) is 11.3. The zero-order chi connectivity index (χ0) is 14.3. The van der Waals surface area contributed by atoms with Gasteiger partial charge in [0.15, 0.2) is 0 Å².